The van der Waals surface area contributed by atoms with Crippen LogP contribution in [-0.4, -0.2) is 4.98 Å². The highest BCUT2D eigenvalue weighted by Crippen LogP contribution is 2.26. The summed E-state index contributed by atoms with van der Waals surface area (Å²) in [7, 11) is 0. The van der Waals surface area contributed by atoms with E-state index in [1.54, 1.807) is 0 Å². The summed E-state index contributed by atoms with van der Waals surface area (Å²) in [5.74, 6) is 0.521. The molecule has 0 saturated heterocycles. The van der Waals surface area contributed by atoms with E-state index in [0.29, 0.717) is 28.7 Å². The fourth-order valence-corrected chi connectivity index (χ4v) is 2.10. The number of oxazole rings is 1. The van der Waals surface area contributed by atoms with E-state index in [2.05, 4.69) is 36.3 Å². The van der Waals surface area contributed by atoms with E-state index in [4.69, 9.17) is 10.2 Å². The van der Waals surface area contributed by atoms with Gasteiger partial charge >= 0.3 is 0 Å². The van der Waals surface area contributed by atoms with E-state index >= 15 is 0 Å². The lowest BCUT2D eigenvalue weighted by Gasteiger charge is -2.06. The first-order valence-corrected chi connectivity index (χ1v) is 6.65. The molecule has 102 valence electrons. The van der Waals surface area contributed by atoms with Crippen LogP contribution in [0.2, 0.25) is 0 Å². The molecule has 4 heteroatoms. The molecule has 3 aromatic rings. The van der Waals surface area contributed by atoms with Crippen LogP contribution in [0.25, 0.3) is 11.1 Å². The van der Waals surface area contributed by atoms with Crippen molar-refractivity contribution in [3.63, 3.8) is 0 Å². The fraction of sp³-hybridized carbons (Fsp3) is 0.188. The van der Waals surface area contributed by atoms with Crippen molar-refractivity contribution >= 4 is 28.5 Å². The molecule has 0 unspecified atom stereocenters. The Hall–Kier alpha value is -2.49. The van der Waals surface area contributed by atoms with Crippen LogP contribution in [0.15, 0.2) is 46.9 Å². The number of nitrogens with zero attached hydrogens (tertiary/aromatic N) is 1. The largest absolute Gasteiger partial charge is 0.423 e. The number of aromatic nitrogens is 1. The van der Waals surface area contributed by atoms with E-state index in [9.17, 15) is 0 Å². The zero-order chi connectivity index (χ0) is 14.1. The first-order chi connectivity index (χ1) is 9.63. The van der Waals surface area contributed by atoms with Gasteiger partial charge in [0.05, 0.1) is 5.69 Å². The van der Waals surface area contributed by atoms with E-state index in [1.165, 1.54) is 5.56 Å². The highest BCUT2D eigenvalue weighted by Gasteiger charge is 2.08. The molecule has 0 atom stereocenters. The number of fused-ring (bicyclic) bond motifs is 1. The van der Waals surface area contributed by atoms with Gasteiger partial charge < -0.3 is 15.5 Å². The molecular formula is C16H17N3O. The molecule has 0 amide bonds. The minimum absolute atomic E-state index is 0.454. The zero-order valence-electron chi connectivity index (χ0n) is 11.6. The molecule has 0 bridgehead atoms. The smallest absolute Gasteiger partial charge is 0.300 e. The Kier molecular flexibility index (Phi) is 3.06. The van der Waals surface area contributed by atoms with Crippen LogP contribution in [0, 0.1) is 0 Å². The van der Waals surface area contributed by atoms with Gasteiger partial charge in [-0.05, 0) is 35.7 Å². The Labute approximate surface area is 117 Å². The van der Waals surface area contributed by atoms with E-state index in [-0.39, 0.29) is 0 Å². The monoisotopic (exact) mass is 267 g/mol. The molecule has 1 aromatic heterocycles. The predicted octanol–water partition coefficient (Wildman–Crippen LogP) is 4.28. The van der Waals surface area contributed by atoms with Crippen molar-refractivity contribution in [3.8, 4) is 0 Å². The number of para-hydroxylation sites is 1. The third-order valence-corrected chi connectivity index (χ3v) is 3.28. The Morgan fingerprint density at radius 1 is 1.10 bits per heavy atom. The first kappa shape index (κ1) is 12.5. The van der Waals surface area contributed by atoms with Gasteiger partial charge in [0.1, 0.15) is 5.52 Å². The summed E-state index contributed by atoms with van der Waals surface area (Å²) in [4.78, 5) is 4.36. The van der Waals surface area contributed by atoms with Gasteiger partial charge in [-0.25, -0.2) is 0 Å². The fourth-order valence-electron chi connectivity index (χ4n) is 2.10. The highest BCUT2D eigenvalue weighted by molar-refractivity contribution is 5.86. The third-order valence-electron chi connectivity index (χ3n) is 3.28. The molecule has 1 heterocycles. The summed E-state index contributed by atoms with van der Waals surface area (Å²) < 4.78 is 5.63. The van der Waals surface area contributed by atoms with Gasteiger partial charge in [-0.15, -0.1) is 0 Å². The van der Waals surface area contributed by atoms with Crippen molar-refractivity contribution in [2.24, 2.45) is 0 Å². The highest BCUT2D eigenvalue weighted by atomic mass is 16.4. The lowest BCUT2D eigenvalue weighted by molar-refractivity contribution is 0.623. The van der Waals surface area contributed by atoms with Crippen molar-refractivity contribution in [2.45, 2.75) is 19.8 Å². The predicted molar refractivity (Wildman–Crippen MR) is 82.2 cm³/mol. The van der Waals surface area contributed by atoms with Crippen LogP contribution in [-0.2, 0) is 0 Å². The second kappa shape index (κ2) is 4.89. The molecule has 0 aliphatic carbocycles. The number of benzene rings is 2. The third kappa shape index (κ3) is 2.32. The standard InChI is InChI=1S/C16H17N3O/c1-10(2)11-6-8-12(9-7-11)18-16-19-15-13(17)4-3-5-14(15)20-16/h3-10H,17H2,1-2H3,(H,18,19). The Morgan fingerprint density at radius 3 is 2.50 bits per heavy atom. The van der Waals surface area contributed by atoms with Gasteiger partial charge in [0.2, 0.25) is 0 Å². The van der Waals surface area contributed by atoms with Crippen molar-refractivity contribution in [2.75, 3.05) is 11.1 Å². The Balaban J connectivity index is 1.87. The molecule has 2 aromatic carbocycles. The number of nitrogens with two attached hydrogens (primary N) is 1. The maximum Gasteiger partial charge on any atom is 0.300 e. The molecule has 3 rings (SSSR count). The minimum Gasteiger partial charge on any atom is -0.423 e. The Morgan fingerprint density at radius 2 is 1.85 bits per heavy atom. The molecule has 0 aliphatic heterocycles. The van der Waals surface area contributed by atoms with Crippen molar-refractivity contribution in [3.05, 3.63) is 48.0 Å². The van der Waals surface area contributed by atoms with E-state index in [1.807, 2.05) is 30.3 Å². The second-order valence-corrected chi connectivity index (χ2v) is 5.11. The maximum atomic E-state index is 5.87. The SMILES string of the molecule is CC(C)c1ccc(Nc2nc3c(N)cccc3o2)cc1. The van der Waals surface area contributed by atoms with Gasteiger partial charge in [0.25, 0.3) is 6.01 Å². The molecular weight excluding hydrogens is 250 g/mol. The lowest BCUT2D eigenvalue weighted by atomic mass is 10.0. The summed E-state index contributed by atoms with van der Waals surface area (Å²) in [5, 5.41) is 3.15. The minimum atomic E-state index is 0.454. The second-order valence-electron chi connectivity index (χ2n) is 5.11. The van der Waals surface area contributed by atoms with Crippen molar-refractivity contribution < 1.29 is 4.42 Å². The number of hydrogen-bond donors (Lipinski definition) is 2. The summed E-state index contributed by atoms with van der Waals surface area (Å²) in [5.41, 5.74) is 10.1. The van der Waals surface area contributed by atoms with Crippen LogP contribution < -0.4 is 11.1 Å². The van der Waals surface area contributed by atoms with Gasteiger partial charge in [0, 0.05) is 5.69 Å². The van der Waals surface area contributed by atoms with Crippen LogP contribution >= 0.6 is 0 Å². The summed E-state index contributed by atoms with van der Waals surface area (Å²) >= 11 is 0. The average Bonchev–Trinajstić information content (AvgIpc) is 2.83. The van der Waals surface area contributed by atoms with Crippen LogP contribution in [0.4, 0.5) is 17.4 Å². The number of nitrogen functional groups attached to an aromatic ring is 1. The van der Waals surface area contributed by atoms with Gasteiger partial charge in [0.15, 0.2) is 5.58 Å². The number of hydrogen-bond acceptors (Lipinski definition) is 4. The van der Waals surface area contributed by atoms with E-state index < -0.39 is 0 Å². The van der Waals surface area contributed by atoms with Crippen molar-refractivity contribution in [1.82, 2.24) is 4.98 Å². The summed E-state index contributed by atoms with van der Waals surface area (Å²) in [6.07, 6.45) is 0. The topological polar surface area (TPSA) is 64.1 Å². The quantitative estimate of drug-likeness (QED) is 0.695. The number of rotatable bonds is 3. The number of nitrogens with one attached hydrogen (secondary N) is 1. The van der Waals surface area contributed by atoms with Crippen LogP contribution in [0.1, 0.15) is 25.3 Å². The molecule has 3 N–H and O–H groups in total. The molecule has 4 nitrogen and oxygen atoms in total. The molecule has 0 fully saturated rings. The number of anilines is 3. The van der Waals surface area contributed by atoms with Crippen LogP contribution in [0.5, 0.6) is 0 Å². The zero-order valence-corrected chi connectivity index (χ0v) is 11.6. The summed E-state index contributed by atoms with van der Waals surface area (Å²) in [6, 6.07) is 14.2. The molecule has 0 spiro atoms. The molecule has 0 aliphatic rings. The maximum absolute atomic E-state index is 5.87. The lowest BCUT2D eigenvalue weighted by Crippen LogP contribution is -1.92. The first-order valence-electron chi connectivity index (χ1n) is 6.65. The average molecular weight is 267 g/mol. The Bertz CT molecular complexity index is 729. The van der Waals surface area contributed by atoms with Crippen molar-refractivity contribution in [1.29, 1.82) is 0 Å². The normalized spacial score (nSPS) is 11.2. The molecule has 20 heavy (non-hydrogen) atoms. The van der Waals surface area contributed by atoms with Gasteiger partial charge in [-0.3, -0.25) is 0 Å². The summed E-state index contributed by atoms with van der Waals surface area (Å²) in [6.45, 7) is 4.35. The molecule has 0 saturated carbocycles. The molecule has 0 radical (unpaired) electrons. The van der Waals surface area contributed by atoms with E-state index in [0.717, 1.165) is 5.69 Å². The van der Waals surface area contributed by atoms with Gasteiger partial charge in [-0.1, -0.05) is 32.0 Å². The van der Waals surface area contributed by atoms with Gasteiger partial charge in [-0.2, -0.15) is 4.98 Å². The van der Waals surface area contributed by atoms with Crippen LogP contribution in [0.3, 0.4) is 0 Å².